The van der Waals surface area contributed by atoms with Crippen molar-refractivity contribution in [3.8, 4) is 0 Å². The van der Waals surface area contributed by atoms with E-state index >= 15 is 0 Å². The lowest BCUT2D eigenvalue weighted by molar-refractivity contribution is 0.118. The normalized spacial score (nSPS) is 18.2. The van der Waals surface area contributed by atoms with E-state index in [9.17, 15) is 0 Å². The van der Waals surface area contributed by atoms with Gasteiger partial charge >= 0.3 is 0 Å². The zero-order valence-corrected chi connectivity index (χ0v) is 12.1. The Morgan fingerprint density at radius 2 is 2.19 bits per heavy atom. The Bertz CT molecular complexity index is 535. The molecule has 0 radical (unpaired) electrons. The second kappa shape index (κ2) is 7.33. The number of ether oxygens (including phenoxy) is 2. The fraction of sp³-hybridized carbons (Fsp3) is 0.500. The molecular weight excluding hydrogens is 266 g/mol. The van der Waals surface area contributed by atoms with Crippen LogP contribution < -0.4 is 0 Å². The minimum absolute atomic E-state index is 0.365. The van der Waals surface area contributed by atoms with Crippen molar-refractivity contribution in [3.05, 3.63) is 47.5 Å². The molecule has 5 nitrogen and oxygen atoms in total. The summed E-state index contributed by atoms with van der Waals surface area (Å²) < 4.78 is 11.0. The minimum atomic E-state index is 0.365. The molecule has 0 bridgehead atoms. The average Bonchev–Trinajstić information content (AvgIpc) is 3.19. The third kappa shape index (κ3) is 4.12. The Morgan fingerprint density at radius 3 is 3.00 bits per heavy atom. The quantitative estimate of drug-likeness (QED) is 0.795. The zero-order valence-electron chi connectivity index (χ0n) is 12.1. The molecule has 0 aliphatic carbocycles. The van der Waals surface area contributed by atoms with Gasteiger partial charge in [0.1, 0.15) is 5.82 Å². The maximum absolute atomic E-state index is 5.67. The number of hydrogen-bond acceptors (Lipinski definition) is 4. The van der Waals surface area contributed by atoms with E-state index < -0.39 is 0 Å². The molecule has 112 valence electrons. The molecule has 1 saturated heterocycles. The van der Waals surface area contributed by atoms with Crippen LogP contribution in [0, 0.1) is 0 Å². The Kier molecular flexibility index (Phi) is 4.97. The lowest BCUT2D eigenvalue weighted by Gasteiger charge is -2.03. The van der Waals surface area contributed by atoms with E-state index in [1.165, 1.54) is 5.56 Å². The molecule has 0 unspecified atom stereocenters. The van der Waals surface area contributed by atoms with Crippen LogP contribution in [-0.4, -0.2) is 35.0 Å². The summed E-state index contributed by atoms with van der Waals surface area (Å²) in [7, 11) is 0. The number of benzene rings is 1. The topological polar surface area (TPSA) is 60.0 Å². The van der Waals surface area contributed by atoms with Gasteiger partial charge in [0.25, 0.3) is 0 Å². The average molecular weight is 287 g/mol. The number of nitrogens with zero attached hydrogens (tertiary/aromatic N) is 2. The standard InChI is InChI=1S/C16H21N3O2/c1-2-5-13(6-3-1)11-20-9-4-7-15-17-16(19-18-15)14-8-10-21-12-14/h1-3,5-6,14H,4,7-12H2,(H,17,18,19)/t14-/m1/s1. The summed E-state index contributed by atoms with van der Waals surface area (Å²) in [6, 6.07) is 10.2. The van der Waals surface area contributed by atoms with Gasteiger partial charge in [-0.1, -0.05) is 30.3 Å². The molecule has 0 amide bonds. The minimum Gasteiger partial charge on any atom is -0.381 e. The van der Waals surface area contributed by atoms with Gasteiger partial charge in [-0.2, -0.15) is 5.10 Å². The highest BCUT2D eigenvalue weighted by atomic mass is 16.5. The summed E-state index contributed by atoms with van der Waals surface area (Å²) in [5.41, 5.74) is 1.21. The van der Waals surface area contributed by atoms with Crippen LogP contribution in [0.4, 0.5) is 0 Å². The first-order valence-electron chi connectivity index (χ1n) is 7.52. The van der Waals surface area contributed by atoms with E-state index in [2.05, 4.69) is 27.3 Å². The van der Waals surface area contributed by atoms with Gasteiger partial charge < -0.3 is 9.47 Å². The van der Waals surface area contributed by atoms with Gasteiger partial charge in [0.05, 0.1) is 13.2 Å². The molecule has 21 heavy (non-hydrogen) atoms. The van der Waals surface area contributed by atoms with Crippen LogP contribution in [0.3, 0.4) is 0 Å². The van der Waals surface area contributed by atoms with E-state index in [0.29, 0.717) is 12.5 Å². The van der Waals surface area contributed by atoms with Crippen LogP contribution in [0.5, 0.6) is 0 Å². The van der Waals surface area contributed by atoms with E-state index in [1.807, 2.05) is 18.2 Å². The molecule has 1 aromatic heterocycles. The van der Waals surface area contributed by atoms with E-state index in [1.54, 1.807) is 0 Å². The summed E-state index contributed by atoms with van der Waals surface area (Å²) in [5, 5.41) is 7.31. The van der Waals surface area contributed by atoms with Crippen LogP contribution in [0.1, 0.15) is 36.0 Å². The SMILES string of the molecule is c1ccc(COCCCc2nc([C@@H]3CCOC3)n[nH]2)cc1. The molecule has 1 N–H and O–H groups in total. The zero-order chi connectivity index (χ0) is 14.3. The van der Waals surface area contributed by atoms with E-state index in [4.69, 9.17) is 9.47 Å². The molecule has 3 rings (SSSR count). The lowest BCUT2D eigenvalue weighted by Crippen LogP contribution is -2.01. The van der Waals surface area contributed by atoms with Crippen LogP contribution in [0.25, 0.3) is 0 Å². The molecule has 2 aromatic rings. The van der Waals surface area contributed by atoms with Crippen molar-refractivity contribution in [3.63, 3.8) is 0 Å². The van der Waals surface area contributed by atoms with Crippen molar-refractivity contribution < 1.29 is 9.47 Å². The molecule has 1 atom stereocenters. The van der Waals surface area contributed by atoms with Crippen molar-refractivity contribution in [2.45, 2.75) is 31.8 Å². The van der Waals surface area contributed by atoms with Crippen LogP contribution >= 0.6 is 0 Å². The summed E-state index contributed by atoms with van der Waals surface area (Å²) in [6.45, 7) is 2.97. The maximum Gasteiger partial charge on any atom is 0.156 e. The van der Waals surface area contributed by atoms with Crippen molar-refractivity contribution in [1.29, 1.82) is 0 Å². The second-order valence-corrected chi connectivity index (χ2v) is 5.34. The number of rotatable bonds is 7. The van der Waals surface area contributed by atoms with Crippen molar-refractivity contribution in [2.24, 2.45) is 0 Å². The summed E-state index contributed by atoms with van der Waals surface area (Å²) in [5.74, 6) is 2.21. The lowest BCUT2D eigenvalue weighted by atomic mass is 10.1. The largest absolute Gasteiger partial charge is 0.381 e. The van der Waals surface area contributed by atoms with Crippen molar-refractivity contribution in [2.75, 3.05) is 19.8 Å². The number of hydrogen-bond donors (Lipinski definition) is 1. The van der Waals surface area contributed by atoms with Gasteiger partial charge in [0.15, 0.2) is 5.82 Å². The number of aromatic amines is 1. The number of nitrogens with one attached hydrogen (secondary N) is 1. The first-order valence-corrected chi connectivity index (χ1v) is 7.52. The molecule has 1 aliphatic heterocycles. The Balaban J connectivity index is 1.35. The third-order valence-corrected chi connectivity index (χ3v) is 3.66. The third-order valence-electron chi connectivity index (χ3n) is 3.66. The number of H-pyrrole nitrogens is 1. The summed E-state index contributed by atoms with van der Waals surface area (Å²) >= 11 is 0. The highest BCUT2D eigenvalue weighted by molar-refractivity contribution is 5.13. The highest BCUT2D eigenvalue weighted by Gasteiger charge is 2.21. The molecule has 1 aromatic carbocycles. The molecule has 2 heterocycles. The number of aromatic nitrogens is 3. The summed E-state index contributed by atoms with van der Waals surface area (Å²) in [6.07, 6.45) is 2.84. The first-order chi connectivity index (χ1) is 10.4. The van der Waals surface area contributed by atoms with Gasteiger partial charge in [-0.25, -0.2) is 4.98 Å². The van der Waals surface area contributed by atoms with Gasteiger partial charge in [0.2, 0.25) is 0 Å². The Morgan fingerprint density at radius 1 is 1.29 bits per heavy atom. The van der Waals surface area contributed by atoms with Crippen LogP contribution in [-0.2, 0) is 22.5 Å². The van der Waals surface area contributed by atoms with Crippen LogP contribution in [0.2, 0.25) is 0 Å². The predicted octanol–water partition coefficient (Wildman–Crippen LogP) is 2.46. The molecule has 0 spiro atoms. The summed E-state index contributed by atoms with van der Waals surface area (Å²) in [4.78, 5) is 4.55. The Labute approximate surface area is 124 Å². The first kappa shape index (κ1) is 14.2. The number of aryl methyl sites for hydroxylation is 1. The molecular formula is C16H21N3O2. The molecule has 0 saturated carbocycles. The fourth-order valence-corrected chi connectivity index (χ4v) is 2.45. The van der Waals surface area contributed by atoms with Gasteiger partial charge in [-0.3, -0.25) is 5.10 Å². The van der Waals surface area contributed by atoms with Crippen molar-refractivity contribution >= 4 is 0 Å². The van der Waals surface area contributed by atoms with E-state index in [0.717, 1.165) is 50.7 Å². The maximum atomic E-state index is 5.67. The van der Waals surface area contributed by atoms with Crippen LogP contribution in [0.15, 0.2) is 30.3 Å². The molecule has 5 heteroatoms. The smallest absolute Gasteiger partial charge is 0.156 e. The van der Waals surface area contributed by atoms with Gasteiger partial charge in [-0.05, 0) is 18.4 Å². The van der Waals surface area contributed by atoms with Gasteiger partial charge in [0, 0.05) is 25.6 Å². The van der Waals surface area contributed by atoms with E-state index in [-0.39, 0.29) is 0 Å². The Hall–Kier alpha value is -1.72. The molecule has 1 fully saturated rings. The van der Waals surface area contributed by atoms with Crippen molar-refractivity contribution in [1.82, 2.24) is 15.2 Å². The highest BCUT2D eigenvalue weighted by Crippen LogP contribution is 2.21. The predicted molar refractivity (Wildman–Crippen MR) is 79.0 cm³/mol. The molecule has 1 aliphatic rings. The fourth-order valence-electron chi connectivity index (χ4n) is 2.45. The monoisotopic (exact) mass is 287 g/mol. The second-order valence-electron chi connectivity index (χ2n) is 5.34. The van der Waals surface area contributed by atoms with Gasteiger partial charge in [-0.15, -0.1) is 0 Å².